The quantitative estimate of drug-likeness (QED) is 0.717. The van der Waals surface area contributed by atoms with Crippen LogP contribution in [0.15, 0.2) is 48.7 Å². The lowest BCUT2D eigenvalue weighted by molar-refractivity contribution is 0.0921. The van der Waals surface area contributed by atoms with Crippen LogP contribution in [0.5, 0.6) is 5.75 Å². The third-order valence-corrected chi connectivity index (χ3v) is 5.24. The molecule has 8 heteroatoms. The Morgan fingerprint density at radius 3 is 2.55 bits per heavy atom. The number of benzene rings is 1. The van der Waals surface area contributed by atoms with Gasteiger partial charge in [-0.2, -0.15) is 5.10 Å². The molecule has 0 radical (unpaired) electrons. The molecule has 0 bridgehead atoms. The van der Waals surface area contributed by atoms with Crippen molar-refractivity contribution >= 4 is 11.7 Å². The summed E-state index contributed by atoms with van der Waals surface area (Å²) < 4.78 is 6.99. The summed E-state index contributed by atoms with van der Waals surface area (Å²) in [6, 6.07) is 13.6. The lowest BCUT2D eigenvalue weighted by Gasteiger charge is -2.32. The van der Waals surface area contributed by atoms with Crippen LogP contribution in [0.4, 0.5) is 5.82 Å². The van der Waals surface area contributed by atoms with Gasteiger partial charge in [0.05, 0.1) is 12.8 Å². The lowest BCUT2D eigenvalue weighted by Crippen LogP contribution is -2.45. The van der Waals surface area contributed by atoms with Crippen LogP contribution in [-0.2, 0) is 7.05 Å². The van der Waals surface area contributed by atoms with Crippen molar-refractivity contribution in [1.82, 2.24) is 25.3 Å². The van der Waals surface area contributed by atoms with Crippen LogP contribution in [0.2, 0.25) is 0 Å². The number of nitrogens with one attached hydrogen (secondary N) is 1. The largest absolute Gasteiger partial charge is 0.496 e. The number of methoxy groups -OCH3 is 1. The highest BCUT2D eigenvalue weighted by atomic mass is 16.5. The molecule has 0 unspecified atom stereocenters. The summed E-state index contributed by atoms with van der Waals surface area (Å²) in [6.45, 7) is 1.64. The lowest BCUT2D eigenvalue weighted by atomic mass is 10.0. The first-order valence-electron chi connectivity index (χ1n) is 9.66. The normalized spacial score (nSPS) is 14.6. The maximum absolute atomic E-state index is 12.4. The van der Waals surface area contributed by atoms with Crippen LogP contribution in [0.1, 0.15) is 23.3 Å². The maximum Gasteiger partial charge on any atom is 0.269 e. The van der Waals surface area contributed by atoms with Gasteiger partial charge in [0.2, 0.25) is 0 Å². The fourth-order valence-corrected chi connectivity index (χ4v) is 3.60. The van der Waals surface area contributed by atoms with Crippen LogP contribution in [-0.4, -0.2) is 52.1 Å². The number of hydrogen-bond acceptors (Lipinski definition) is 6. The second-order valence-corrected chi connectivity index (χ2v) is 7.05. The number of hydrogen-bond donors (Lipinski definition) is 1. The topological polar surface area (TPSA) is 85.2 Å². The molecule has 3 heterocycles. The molecule has 1 aliphatic rings. The molecule has 3 aromatic rings. The summed E-state index contributed by atoms with van der Waals surface area (Å²) in [5.74, 6) is 1.55. The highest BCUT2D eigenvalue weighted by Crippen LogP contribution is 2.28. The zero-order valence-electron chi connectivity index (χ0n) is 16.6. The second-order valence-electron chi connectivity index (χ2n) is 7.05. The average Bonchev–Trinajstić information content (AvgIpc) is 3.20. The number of para-hydroxylation sites is 1. The van der Waals surface area contributed by atoms with E-state index in [9.17, 15) is 4.79 Å². The first-order valence-corrected chi connectivity index (χ1v) is 9.66. The molecular weight excluding hydrogens is 368 g/mol. The molecule has 29 heavy (non-hydrogen) atoms. The van der Waals surface area contributed by atoms with E-state index in [1.165, 1.54) is 0 Å². The minimum Gasteiger partial charge on any atom is -0.496 e. The van der Waals surface area contributed by atoms with E-state index in [0.29, 0.717) is 5.69 Å². The number of carbonyl (C=O) groups is 1. The summed E-state index contributed by atoms with van der Waals surface area (Å²) in [4.78, 5) is 14.6. The van der Waals surface area contributed by atoms with E-state index >= 15 is 0 Å². The second kappa shape index (κ2) is 8.30. The van der Waals surface area contributed by atoms with E-state index in [1.54, 1.807) is 31.1 Å². The van der Waals surface area contributed by atoms with Gasteiger partial charge in [0, 0.05) is 37.9 Å². The Balaban J connectivity index is 1.36. The molecule has 1 aliphatic heterocycles. The van der Waals surface area contributed by atoms with Crippen LogP contribution >= 0.6 is 0 Å². The molecule has 0 spiro atoms. The van der Waals surface area contributed by atoms with E-state index in [1.807, 2.05) is 36.4 Å². The predicted molar refractivity (Wildman–Crippen MR) is 110 cm³/mol. The molecule has 1 aromatic carbocycles. The molecular formula is C21H24N6O2. The van der Waals surface area contributed by atoms with E-state index in [-0.39, 0.29) is 11.9 Å². The average molecular weight is 392 g/mol. The fourth-order valence-electron chi connectivity index (χ4n) is 3.60. The van der Waals surface area contributed by atoms with Gasteiger partial charge < -0.3 is 15.0 Å². The molecule has 1 N–H and O–H groups in total. The maximum atomic E-state index is 12.4. The van der Waals surface area contributed by atoms with Crippen molar-refractivity contribution in [2.45, 2.75) is 18.9 Å². The Morgan fingerprint density at radius 2 is 1.90 bits per heavy atom. The number of anilines is 1. The fraction of sp³-hybridized carbons (Fsp3) is 0.333. The van der Waals surface area contributed by atoms with Gasteiger partial charge in [-0.25, -0.2) is 0 Å². The summed E-state index contributed by atoms with van der Waals surface area (Å²) in [5.41, 5.74) is 2.28. The van der Waals surface area contributed by atoms with Gasteiger partial charge in [0.1, 0.15) is 11.4 Å². The highest BCUT2D eigenvalue weighted by molar-refractivity contribution is 5.92. The van der Waals surface area contributed by atoms with Crippen molar-refractivity contribution in [3.63, 3.8) is 0 Å². The van der Waals surface area contributed by atoms with Crippen LogP contribution < -0.4 is 15.0 Å². The Kier molecular flexibility index (Phi) is 5.41. The summed E-state index contributed by atoms with van der Waals surface area (Å²) in [5, 5.41) is 16.0. The van der Waals surface area contributed by atoms with Crippen molar-refractivity contribution in [3.8, 4) is 17.0 Å². The van der Waals surface area contributed by atoms with Gasteiger partial charge in [-0.05, 0) is 43.2 Å². The van der Waals surface area contributed by atoms with Gasteiger partial charge in [-0.1, -0.05) is 12.1 Å². The standard InChI is InChI=1S/C21H24N6O2/c1-26-18(9-12-22-26)21(28)23-15-10-13-27(14-11-15)20-8-7-17(24-25-20)16-5-3-4-6-19(16)29-2/h3-9,12,15H,10-11,13-14H2,1-2H3,(H,23,28). The molecule has 2 aromatic heterocycles. The predicted octanol–water partition coefficient (Wildman–Crippen LogP) is 2.28. The van der Waals surface area contributed by atoms with Crippen molar-refractivity contribution < 1.29 is 9.53 Å². The zero-order chi connectivity index (χ0) is 20.2. The van der Waals surface area contributed by atoms with Crippen molar-refractivity contribution in [2.24, 2.45) is 7.05 Å². The first-order chi connectivity index (χ1) is 14.2. The molecule has 0 aliphatic carbocycles. The number of nitrogens with zero attached hydrogens (tertiary/aromatic N) is 5. The number of piperidine rings is 1. The number of carbonyl (C=O) groups excluding carboxylic acids is 1. The van der Waals surface area contributed by atoms with Crippen LogP contribution in [0.3, 0.4) is 0 Å². The smallest absolute Gasteiger partial charge is 0.269 e. The Bertz CT molecular complexity index is 977. The van der Waals surface area contributed by atoms with Gasteiger partial charge in [0.15, 0.2) is 5.82 Å². The minimum atomic E-state index is -0.0793. The van der Waals surface area contributed by atoms with E-state index in [0.717, 1.165) is 48.8 Å². The summed E-state index contributed by atoms with van der Waals surface area (Å²) >= 11 is 0. The van der Waals surface area contributed by atoms with Crippen LogP contribution in [0.25, 0.3) is 11.3 Å². The Hall–Kier alpha value is -3.42. The Labute approximate surface area is 169 Å². The first kappa shape index (κ1) is 18.9. The molecule has 1 saturated heterocycles. The molecule has 4 rings (SSSR count). The summed E-state index contributed by atoms with van der Waals surface area (Å²) in [7, 11) is 3.42. The van der Waals surface area contributed by atoms with Gasteiger partial charge in [-0.3, -0.25) is 9.48 Å². The van der Waals surface area contributed by atoms with E-state index in [2.05, 4.69) is 25.5 Å². The minimum absolute atomic E-state index is 0.0793. The molecule has 1 fully saturated rings. The van der Waals surface area contributed by atoms with Gasteiger partial charge in [-0.15, -0.1) is 10.2 Å². The van der Waals surface area contributed by atoms with Gasteiger partial charge >= 0.3 is 0 Å². The van der Waals surface area contributed by atoms with Crippen molar-refractivity contribution in [2.75, 3.05) is 25.1 Å². The molecule has 0 saturated carbocycles. The number of amides is 1. The van der Waals surface area contributed by atoms with E-state index in [4.69, 9.17) is 4.74 Å². The van der Waals surface area contributed by atoms with E-state index < -0.39 is 0 Å². The van der Waals surface area contributed by atoms with Crippen molar-refractivity contribution in [3.05, 3.63) is 54.4 Å². The number of aryl methyl sites for hydroxylation is 1. The number of rotatable bonds is 5. The van der Waals surface area contributed by atoms with Gasteiger partial charge in [0.25, 0.3) is 5.91 Å². The molecule has 1 amide bonds. The summed E-state index contributed by atoms with van der Waals surface area (Å²) in [6.07, 6.45) is 3.35. The number of aromatic nitrogens is 4. The molecule has 8 nitrogen and oxygen atoms in total. The number of ether oxygens (including phenoxy) is 1. The third kappa shape index (κ3) is 4.06. The SMILES string of the molecule is COc1ccccc1-c1ccc(N2CCC(NC(=O)c3ccnn3C)CC2)nn1. The highest BCUT2D eigenvalue weighted by Gasteiger charge is 2.23. The van der Waals surface area contributed by atoms with Crippen LogP contribution in [0, 0.1) is 0 Å². The Morgan fingerprint density at radius 1 is 1.10 bits per heavy atom. The molecule has 0 atom stereocenters. The monoisotopic (exact) mass is 392 g/mol. The molecule has 150 valence electrons. The third-order valence-electron chi connectivity index (χ3n) is 5.24. The zero-order valence-corrected chi connectivity index (χ0v) is 16.6. The van der Waals surface area contributed by atoms with Crippen molar-refractivity contribution in [1.29, 1.82) is 0 Å².